The molecule has 1 aromatic rings. The summed E-state index contributed by atoms with van der Waals surface area (Å²) in [5.41, 5.74) is 0. The molecule has 1 aromatic carbocycles. The van der Waals surface area contributed by atoms with Crippen LogP contribution in [-0.4, -0.2) is 18.8 Å². The largest absolute Gasteiger partial charge is 0.316 e. The average molecular weight is 302 g/mol. The highest BCUT2D eigenvalue weighted by molar-refractivity contribution is 9.10. The number of thioether (sulfide) groups is 1. The van der Waals surface area contributed by atoms with Crippen LogP contribution in [0.15, 0.2) is 33.6 Å². The fraction of sp³-hybridized carbons (Fsp3) is 0.538. The minimum atomic E-state index is 0.633. The van der Waals surface area contributed by atoms with E-state index in [1.165, 1.54) is 24.2 Å². The first-order valence-corrected chi connectivity index (χ1v) is 7.59. The molecule has 0 saturated heterocycles. The number of hydrogen-bond donors (Lipinski definition) is 1. The van der Waals surface area contributed by atoms with Crippen LogP contribution in [0.25, 0.3) is 0 Å². The zero-order valence-electron chi connectivity index (χ0n) is 10.0. The number of nitrogens with one attached hydrogen (secondary N) is 1. The quantitative estimate of drug-likeness (QED) is 0.753. The van der Waals surface area contributed by atoms with E-state index in [2.05, 4.69) is 59.5 Å². The Hall–Kier alpha value is 0.01000. The summed E-state index contributed by atoms with van der Waals surface area (Å²) in [6, 6.07) is 9.17. The van der Waals surface area contributed by atoms with E-state index in [1.807, 2.05) is 11.8 Å². The normalized spacial score (nSPS) is 12.7. The Kier molecular flexibility index (Phi) is 7.17. The number of hydrogen-bond acceptors (Lipinski definition) is 2. The van der Waals surface area contributed by atoms with Gasteiger partial charge in [-0.3, -0.25) is 0 Å². The van der Waals surface area contributed by atoms with Gasteiger partial charge in [-0.15, -0.1) is 11.8 Å². The van der Waals surface area contributed by atoms with Crippen molar-refractivity contribution in [2.45, 2.75) is 37.1 Å². The number of unbranched alkanes of at least 4 members (excludes halogenated alkanes) is 1. The third kappa shape index (κ3) is 5.37. The van der Waals surface area contributed by atoms with Gasteiger partial charge in [-0.05, 0) is 37.7 Å². The Morgan fingerprint density at radius 1 is 1.31 bits per heavy atom. The molecule has 0 heterocycles. The molecule has 3 heteroatoms. The van der Waals surface area contributed by atoms with Crippen LogP contribution in [-0.2, 0) is 0 Å². The monoisotopic (exact) mass is 301 g/mol. The van der Waals surface area contributed by atoms with Crippen LogP contribution >= 0.6 is 27.7 Å². The minimum Gasteiger partial charge on any atom is -0.316 e. The van der Waals surface area contributed by atoms with Crippen LogP contribution in [0.1, 0.15) is 26.2 Å². The number of rotatable bonds is 7. The molecule has 90 valence electrons. The van der Waals surface area contributed by atoms with Crippen LogP contribution in [0.3, 0.4) is 0 Å². The van der Waals surface area contributed by atoms with Gasteiger partial charge < -0.3 is 5.32 Å². The summed E-state index contributed by atoms with van der Waals surface area (Å²) in [5.74, 6) is 1.15. The lowest BCUT2D eigenvalue weighted by Gasteiger charge is -2.15. The molecule has 0 aliphatic carbocycles. The molecule has 1 atom stereocenters. The van der Waals surface area contributed by atoms with Gasteiger partial charge in [-0.2, -0.15) is 0 Å². The van der Waals surface area contributed by atoms with E-state index in [0.717, 1.165) is 10.2 Å². The highest BCUT2D eigenvalue weighted by Crippen LogP contribution is 2.22. The van der Waals surface area contributed by atoms with Gasteiger partial charge >= 0.3 is 0 Å². The van der Waals surface area contributed by atoms with Gasteiger partial charge in [0, 0.05) is 21.2 Å². The Balaban J connectivity index is 2.34. The van der Waals surface area contributed by atoms with Crippen molar-refractivity contribution >= 4 is 27.7 Å². The van der Waals surface area contributed by atoms with Gasteiger partial charge in [-0.1, -0.05) is 35.7 Å². The molecule has 0 radical (unpaired) electrons. The lowest BCUT2D eigenvalue weighted by molar-refractivity contribution is 0.544. The zero-order chi connectivity index (χ0) is 11.8. The fourth-order valence-electron chi connectivity index (χ4n) is 1.49. The van der Waals surface area contributed by atoms with E-state index in [-0.39, 0.29) is 0 Å². The number of benzene rings is 1. The van der Waals surface area contributed by atoms with Gasteiger partial charge in [0.25, 0.3) is 0 Å². The molecule has 0 aliphatic heterocycles. The maximum atomic E-state index is 3.45. The minimum absolute atomic E-state index is 0.633. The van der Waals surface area contributed by atoms with Crippen molar-refractivity contribution in [3.8, 4) is 0 Å². The Morgan fingerprint density at radius 3 is 2.56 bits per heavy atom. The summed E-state index contributed by atoms with van der Waals surface area (Å²) < 4.78 is 1.15. The standard InChI is InChI=1S/C13H20BrNS/c1-3-4-5-12(15-2)10-16-13-8-6-11(14)7-9-13/h6-9,12,15H,3-5,10H2,1-2H3. The Labute approximate surface area is 112 Å². The molecule has 1 nitrogen and oxygen atoms in total. The van der Waals surface area contributed by atoms with Crippen LogP contribution in [0.5, 0.6) is 0 Å². The summed E-state index contributed by atoms with van der Waals surface area (Å²) in [5, 5.41) is 3.39. The maximum absolute atomic E-state index is 3.45. The van der Waals surface area contributed by atoms with E-state index < -0.39 is 0 Å². The van der Waals surface area contributed by atoms with Gasteiger partial charge in [0.1, 0.15) is 0 Å². The molecule has 0 aromatic heterocycles. The van der Waals surface area contributed by atoms with Crippen molar-refractivity contribution in [3.63, 3.8) is 0 Å². The second-order valence-electron chi connectivity index (χ2n) is 3.89. The molecule has 0 fully saturated rings. The van der Waals surface area contributed by atoms with Crippen molar-refractivity contribution < 1.29 is 0 Å². The Bertz CT molecular complexity index is 286. The van der Waals surface area contributed by atoms with Crippen molar-refractivity contribution in [3.05, 3.63) is 28.7 Å². The predicted octanol–water partition coefficient (Wildman–Crippen LogP) is 4.32. The van der Waals surface area contributed by atoms with Crippen LogP contribution < -0.4 is 5.32 Å². The van der Waals surface area contributed by atoms with Gasteiger partial charge in [0.15, 0.2) is 0 Å². The van der Waals surface area contributed by atoms with Crippen LogP contribution in [0.4, 0.5) is 0 Å². The van der Waals surface area contributed by atoms with Crippen LogP contribution in [0.2, 0.25) is 0 Å². The van der Waals surface area contributed by atoms with Gasteiger partial charge in [0.2, 0.25) is 0 Å². The van der Waals surface area contributed by atoms with Crippen molar-refractivity contribution in [1.82, 2.24) is 5.32 Å². The Morgan fingerprint density at radius 2 is 2.00 bits per heavy atom. The second kappa shape index (κ2) is 8.15. The molecule has 0 spiro atoms. The van der Waals surface area contributed by atoms with Crippen LogP contribution in [0, 0.1) is 0 Å². The van der Waals surface area contributed by atoms with E-state index in [9.17, 15) is 0 Å². The summed E-state index contributed by atoms with van der Waals surface area (Å²) in [6.45, 7) is 2.24. The van der Waals surface area contributed by atoms with Crippen molar-refractivity contribution in [2.75, 3.05) is 12.8 Å². The fourth-order valence-corrected chi connectivity index (χ4v) is 2.81. The topological polar surface area (TPSA) is 12.0 Å². The SMILES string of the molecule is CCCCC(CSc1ccc(Br)cc1)NC. The van der Waals surface area contributed by atoms with Gasteiger partial charge in [-0.25, -0.2) is 0 Å². The molecular formula is C13H20BrNS. The van der Waals surface area contributed by atoms with E-state index in [0.29, 0.717) is 6.04 Å². The third-order valence-corrected chi connectivity index (χ3v) is 4.28. The molecule has 1 N–H and O–H groups in total. The first kappa shape index (κ1) is 14.1. The molecule has 16 heavy (non-hydrogen) atoms. The third-order valence-electron chi connectivity index (χ3n) is 2.58. The highest BCUT2D eigenvalue weighted by Gasteiger charge is 2.05. The summed E-state index contributed by atoms with van der Waals surface area (Å²) >= 11 is 5.38. The van der Waals surface area contributed by atoms with E-state index >= 15 is 0 Å². The van der Waals surface area contributed by atoms with Crippen molar-refractivity contribution in [2.24, 2.45) is 0 Å². The first-order valence-electron chi connectivity index (χ1n) is 5.82. The van der Waals surface area contributed by atoms with E-state index in [1.54, 1.807) is 0 Å². The molecular weight excluding hydrogens is 282 g/mol. The molecule has 1 rings (SSSR count). The first-order chi connectivity index (χ1) is 7.76. The van der Waals surface area contributed by atoms with Gasteiger partial charge in [0.05, 0.1) is 0 Å². The lowest BCUT2D eigenvalue weighted by atomic mass is 10.1. The van der Waals surface area contributed by atoms with Crippen molar-refractivity contribution in [1.29, 1.82) is 0 Å². The van der Waals surface area contributed by atoms with E-state index in [4.69, 9.17) is 0 Å². The second-order valence-corrected chi connectivity index (χ2v) is 5.90. The predicted molar refractivity (Wildman–Crippen MR) is 77.2 cm³/mol. The maximum Gasteiger partial charge on any atom is 0.0176 e. The molecule has 0 bridgehead atoms. The molecule has 0 aliphatic rings. The molecule has 0 saturated carbocycles. The summed E-state index contributed by atoms with van der Waals surface area (Å²) in [7, 11) is 2.06. The lowest BCUT2D eigenvalue weighted by Crippen LogP contribution is -2.27. The number of halogens is 1. The average Bonchev–Trinajstić information content (AvgIpc) is 2.32. The summed E-state index contributed by atoms with van der Waals surface area (Å²) in [6.07, 6.45) is 3.87. The molecule has 1 unspecified atom stereocenters. The molecule has 0 amide bonds. The smallest absolute Gasteiger partial charge is 0.0176 e. The summed E-state index contributed by atoms with van der Waals surface area (Å²) in [4.78, 5) is 1.35. The highest BCUT2D eigenvalue weighted by atomic mass is 79.9. The zero-order valence-corrected chi connectivity index (χ0v) is 12.4.